The van der Waals surface area contributed by atoms with Gasteiger partial charge in [0.25, 0.3) is 0 Å². The third kappa shape index (κ3) is 4.89. The first kappa shape index (κ1) is 15.0. The summed E-state index contributed by atoms with van der Waals surface area (Å²) >= 11 is 0. The number of benzene rings is 2. The molecule has 0 saturated heterocycles. The van der Waals surface area contributed by atoms with Crippen molar-refractivity contribution >= 4 is 12.0 Å². The van der Waals surface area contributed by atoms with Gasteiger partial charge < -0.3 is 10.8 Å². The van der Waals surface area contributed by atoms with Crippen molar-refractivity contribution in [3.63, 3.8) is 0 Å². The fraction of sp³-hybridized carbons (Fsp3) is 0.167. The van der Waals surface area contributed by atoms with Gasteiger partial charge in [-0.1, -0.05) is 48.5 Å². The van der Waals surface area contributed by atoms with Gasteiger partial charge >= 0.3 is 5.97 Å². The van der Waals surface area contributed by atoms with Gasteiger partial charge in [0.2, 0.25) is 0 Å². The van der Waals surface area contributed by atoms with E-state index in [1.165, 1.54) is 11.1 Å². The molecule has 0 spiro atoms. The van der Waals surface area contributed by atoms with Crippen LogP contribution in [-0.4, -0.2) is 11.1 Å². The molecule has 0 fully saturated rings. The lowest BCUT2D eigenvalue weighted by atomic mass is 10.0. The van der Waals surface area contributed by atoms with Crippen LogP contribution in [0.4, 0.5) is 0 Å². The van der Waals surface area contributed by atoms with Crippen molar-refractivity contribution in [2.24, 2.45) is 5.73 Å². The Morgan fingerprint density at radius 1 is 1.00 bits per heavy atom. The highest BCUT2D eigenvalue weighted by atomic mass is 16.4. The van der Waals surface area contributed by atoms with Crippen LogP contribution in [0.1, 0.15) is 22.3 Å². The van der Waals surface area contributed by atoms with Crippen LogP contribution in [0.5, 0.6) is 0 Å². The summed E-state index contributed by atoms with van der Waals surface area (Å²) in [5, 5.41) is 8.64. The molecule has 21 heavy (non-hydrogen) atoms. The van der Waals surface area contributed by atoms with Gasteiger partial charge in [0.15, 0.2) is 0 Å². The highest BCUT2D eigenvalue weighted by molar-refractivity contribution is 5.85. The van der Waals surface area contributed by atoms with Gasteiger partial charge in [-0.25, -0.2) is 4.79 Å². The zero-order valence-electron chi connectivity index (χ0n) is 11.8. The Labute approximate surface area is 124 Å². The molecule has 0 unspecified atom stereocenters. The van der Waals surface area contributed by atoms with E-state index in [0.717, 1.165) is 30.0 Å². The maximum absolute atomic E-state index is 10.5. The number of aryl methyl sites for hydroxylation is 2. The Morgan fingerprint density at radius 3 is 2.33 bits per heavy atom. The predicted molar refractivity (Wildman–Crippen MR) is 84.9 cm³/mol. The molecule has 0 aliphatic rings. The van der Waals surface area contributed by atoms with E-state index in [1.54, 1.807) is 6.08 Å². The SMILES string of the molecule is NCc1ccc(CCc2cccc(/C=C/C(=O)O)c2)cc1. The first-order valence-electron chi connectivity index (χ1n) is 6.95. The zero-order valence-corrected chi connectivity index (χ0v) is 11.8. The fourth-order valence-corrected chi connectivity index (χ4v) is 2.15. The van der Waals surface area contributed by atoms with Gasteiger partial charge in [-0.2, -0.15) is 0 Å². The molecule has 108 valence electrons. The van der Waals surface area contributed by atoms with Crippen LogP contribution < -0.4 is 5.73 Å². The van der Waals surface area contributed by atoms with Crippen LogP contribution in [0, 0.1) is 0 Å². The van der Waals surface area contributed by atoms with Crippen molar-refractivity contribution in [3.8, 4) is 0 Å². The van der Waals surface area contributed by atoms with Crippen molar-refractivity contribution in [1.29, 1.82) is 0 Å². The number of hydrogen-bond donors (Lipinski definition) is 2. The molecule has 0 saturated carbocycles. The lowest BCUT2D eigenvalue weighted by molar-refractivity contribution is -0.131. The summed E-state index contributed by atoms with van der Waals surface area (Å²) in [4.78, 5) is 10.5. The second-order valence-electron chi connectivity index (χ2n) is 4.94. The number of nitrogens with two attached hydrogens (primary N) is 1. The van der Waals surface area contributed by atoms with E-state index in [9.17, 15) is 4.79 Å². The van der Waals surface area contributed by atoms with E-state index < -0.39 is 5.97 Å². The van der Waals surface area contributed by atoms with Crippen LogP contribution in [-0.2, 0) is 24.2 Å². The molecule has 0 bridgehead atoms. The molecule has 0 aliphatic heterocycles. The molecule has 0 aliphatic carbocycles. The number of carboxylic acid groups (broad SMARTS) is 1. The molecule has 0 atom stereocenters. The quantitative estimate of drug-likeness (QED) is 0.800. The molecule has 0 radical (unpaired) electrons. The van der Waals surface area contributed by atoms with Crippen LogP contribution in [0.2, 0.25) is 0 Å². The maximum Gasteiger partial charge on any atom is 0.328 e. The topological polar surface area (TPSA) is 63.3 Å². The normalized spacial score (nSPS) is 10.9. The Bertz CT molecular complexity index is 630. The van der Waals surface area contributed by atoms with Gasteiger partial charge in [-0.3, -0.25) is 0 Å². The van der Waals surface area contributed by atoms with E-state index in [4.69, 9.17) is 10.8 Å². The first-order chi connectivity index (χ1) is 10.2. The summed E-state index contributed by atoms with van der Waals surface area (Å²) in [7, 11) is 0. The number of hydrogen-bond acceptors (Lipinski definition) is 2. The summed E-state index contributed by atoms with van der Waals surface area (Å²) in [6.45, 7) is 0.568. The highest BCUT2D eigenvalue weighted by Gasteiger charge is 1.98. The van der Waals surface area contributed by atoms with E-state index in [0.29, 0.717) is 6.54 Å². The van der Waals surface area contributed by atoms with Crippen molar-refractivity contribution in [2.45, 2.75) is 19.4 Å². The number of aliphatic carboxylic acids is 1. The predicted octanol–water partition coefficient (Wildman–Crippen LogP) is 3.03. The molecular weight excluding hydrogens is 262 g/mol. The first-order valence-corrected chi connectivity index (χ1v) is 6.95. The van der Waals surface area contributed by atoms with Crippen molar-refractivity contribution in [2.75, 3.05) is 0 Å². The fourth-order valence-electron chi connectivity index (χ4n) is 2.15. The van der Waals surface area contributed by atoms with Gasteiger partial charge in [0.05, 0.1) is 0 Å². The van der Waals surface area contributed by atoms with Crippen LogP contribution in [0.15, 0.2) is 54.6 Å². The largest absolute Gasteiger partial charge is 0.478 e. The smallest absolute Gasteiger partial charge is 0.328 e. The zero-order chi connectivity index (χ0) is 15.1. The van der Waals surface area contributed by atoms with Crippen LogP contribution in [0.3, 0.4) is 0 Å². The third-order valence-corrected chi connectivity index (χ3v) is 3.33. The summed E-state index contributed by atoms with van der Waals surface area (Å²) in [6, 6.07) is 16.3. The summed E-state index contributed by atoms with van der Waals surface area (Å²) < 4.78 is 0. The van der Waals surface area contributed by atoms with Crippen LogP contribution >= 0.6 is 0 Å². The van der Waals surface area contributed by atoms with Crippen molar-refractivity contribution in [1.82, 2.24) is 0 Å². The molecule has 3 N–H and O–H groups in total. The van der Waals surface area contributed by atoms with Crippen molar-refractivity contribution in [3.05, 3.63) is 76.9 Å². The van der Waals surface area contributed by atoms with Gasteiger partial charge in [-0.05, 0) is 41.2 Å². The number of carbonyl (C=O) groups is 1. The molecule has 0 amide bonds. The summed E-state index contributed by atoms with van der Waals surface area (Å²) in [6.07, 6.45) is 4.65. The summed E-state index contributed by atoms with van der Waals surface area (Å²) in [5.74, 6) is -0.930. The average molecular weight is 281 g/mol. The molecule has 3 nitrogen and oxygen atoms in total. The molecule has 3 heteroatoms. The number of rotatable bonds is 6. The van der Waals surface area contributed by atoms with Crippen molar-refractivity contribution < 1.29 is 9.90 Å². The minimum Gasteiger partial charge on any atom is -0.478 e. The molecular formula is C18H19NO2. The monoisotopic (exact) mass is 281 g/mol. The highest BCUT2D eigenvalue weighted by Crippen LogP contribution is 2.12. The van der Waals surface area contributed by atoms with E-state index >= 15 is 0 Å². The second-order valence-corrected chi connectivity index (χ2v) is 4.94. The Hall–Kier alpha value is -2.39. The minimum atomic E-state index is -0.930. The third-order valence-electron chi connectivity index (χ3n) is 3.33. The lowest BCUT2D eigenvalue weighted by Gasteiger charge is -2.04. The molecule has 2 rings (SSSR count). The summed E-state index contributed by atoms with van der Waals surface area (Å²) in [5.41, 5.74) is 10.1. The Kier molecular flexibility index (Phi) is 5.29. The van der Waals surface area contributed by atoms with Crippen LogP contribution in [0.25, 0.3) is 6.08 Å². The standard InChI is InChI=1S/C18H19NO2/c19-13-17-8-5-14(6-9-17)4-7-15-2-1-3-16(12-15)10-11-18(20)21/h1-3,5-6,8-12H,4,7,13,19H2,(H,20,21)/b11-10+. The average Bonchev–Trinajstić information content (AvgIpc) is 2.52. The van der Waals surface area contributed by atoms with Gasteiger partial charge in [-0.15, -0.1) is 0 Å². The molecule has 0 heterocycles. The van der Waals surface area contributed by atoms with E-state index in [2.05, 4.69) is 30.3 Å². The van der Waals surface area contributed by atoms with E-state index in [1.807, 2.05) is 18.2 Å². The van der Waals surface area contributed by atoms with Gasteiger partial charge in [0.1, 0.15) is 0 Å². The molecule has 2 aromatic carbocycles. The second kappa shape index (κ2) is 7.41. The van der Waals surface area contributed by atoms with Gasteiger partial charge in [0, 0.05) is 12.6 Å². The van der Waals surface area contributed by atoms with E-state index in [-0.39, 0.29) is 0 Å². The Morgan fingerprint density at radius 2 is 1.67 bits per heavy atom. The molecule has 2 aromatic rings. The Balaban J connectivity index is 1.99. The minimum absolute atomic E-state index is 0.568. The maximum atomic E-state index is 10.5. The molecule has 0 aromatic heterocycles. The number of carboxylic acids is 1. The lowest BCUT2D eigenvalue weighted by Crippen LogP contribution is -1.97.